The SMILES string of the molecule is CC(C1CNCC[N]1)N1CCCCC1. The van der Waals surface area contributed by atoms with E-state index in [1.807, 2.05) is 0 Å². The van der Waals surface area contributed by atoms with E-state index in [0.29, 0.717) is 12.1 Å². The summed E-state index contributed by atoms with van der Waals surface area (Å²) in [6.45, 7) is 8.07. The molecule has 2 unspecified atom stereocenters. The van der Waals surface area contributed by atoms with Gasteiger partial charge in [0.25, 0.3) is 0 Å². The van der Waals surface area contributed by atoms with Gasteiger partial charge in [0.2, 0.25) is 0 Å². The molecule has 3 nitrogen and oxygen atoms in total. The summed E-state index contributed by atoms with van der Waals surface area (Å²) in [5, 5.41) is 8.13. The third-order valence-corrected chi connectivity index (χ3v) is 3.53. The lowest BCUT2D eigenvalue weighted by Crippen LogP contribution is -2.55. The zero-order chi connectivity index (χ0) is 9.80. The quantitative estimate of drug-likeness (QED) is 0.694. The van der Waals surface area contributed by atoms with Crippen molar-refractivity contribution in [3.63, 3.8) is 0 Å². The average Bonchev–Trinajstić information content (AvgIpc) is 2.30. The molecule has 3 heteroatoms. The number of hydrogen-bond donors (Lipinski definition) is 1. The van der Waals surface area contributed by atoms with Gasteiger partial charge in [-0.3, -0.25) is 4.90 Å². The van der Waals surface area contributed by atoms with Crippen molar-refractivity contribution in [1.82, 2.24) is 15.5 Å². The van der Waals surface area contributed by atoms with Crippen molar-refractivity contribution in [2.75, 3.05) is 32.7 Å². The van der Waals surface area contributed by atoms with Crippen LogP contribution in [0.2, 0.25) is 0 Å². The van der Waals surface area contributed by atoms with Gasteiger partial charge in [0, 0.05) is 25.7 Å². The summed E-state index contributed by atoms with van der Waals surface area (Å²) >= 11 is 0. The maximum absolute atomic E-state index is 4.70. The lowest BCUT2D eigenvalue weighted by Gasteiger charge is -2.38. The van der Waals surface area contributed by atoms with Gasteiger partial charge >= 0.3 is 0 Å². The number of nitrogens with zero attached hydrogens (tertiary/aromatic N) is 2. The summed E-state index contributed by atoms with van der Waals surface area (Å²) in [5.74, 6) is 0. The molecule has 1 radical (unpaired) electrons. The molecular weight excluding hydrogens is 174 g/mol. The molecule has 14 heavy (non-hydrogen) atoms. The van der Waals surface area contributed by atoms with Gasteiger partial charge in [0.05, 0.1) is 6.04 Å². The summed E-state index contributed by atoms with van der Waals surface area (Å²) in [6.07, 6.45) is 4.18. The van der Waals surface area contributed by atoms with Gasteiger partial charge in [-0.2, -0.15) is 0 Å². The van der Waals surface area contributed by atoms with E-state index in [9.17, 15) is 0 Å². The third-order valence-electron chi connectivity index (χ3n) is 3.53. The molecule has 81 valence electrons. The summed E-state index contributed by atoms with van der Waals surface area (Å²) in [4.78, 5) is 2.62. The molecule has 0 amide bonds. The van der Waals surface area contributed by atoms with E-state index >= 15 is 0 Å². The monoisotopic (exact) mass is 196 g/mol. The Kier molecular flexibility index (Phi) is 3.79. The predicted octanol–water partition coefficient (Wildman–Crippen LogP) is 0.437. The minimum atomic E-state index is 0.529. The van der Waals surface area contributed by atoms with Gasteiger partial charge in [-0.05, 0) is 32.9 Å². The van der Waals surface area contributed by atoms with Crippen molar-refractivity contribution < 1.29 is 0 Å². The summed E-state index contributed by atoms with van der Waals surface area (Å²) < 4.78 is 0. The lowest BCUT2D eigenvalue weighted by molar-refractivity contribution is 0.133. The number of likely N-dealkylation sites (tertiary alicyclic amines) is 1. The molecule has 2 atom stereocenters. The first-order valence-electron chi connectivity index (χ1n) is 5.99. The fourth-order valence-electron chi connectivity index (χ4n) is 2.52. The van der Waals surface area contributed by atoms with Crippen molar-refractivity contribution >= 4 is 0 Å². The van der Waals surface area contributed by atoms with Crippen molar-refractivity contribution in [3.05, 3.63) is 0 Å². The van der Waals surface area contributed by atoms with Gasteiger partial charge in [-0.15, -0.1) is 0 Å². The number of nitrogens with one attached hydrogen (secondary N) is 1. The van der Waals surface area contributed by atoms with Crippen LogP contribution in [-0.2, 0) is 0 Å². The van der Waals surface area contributed by atoms with Crippen LogP contribution in [-0.4, -0.2) is 49.7 Å². The Hall–Kier alpha value is -0.120. The summed E-state index contributed by atoms with van der Waals surface area (Å²) in [5.41, 5.74) is 0. The fourth-order valence-corrected chi connectivity index (χ4v) is 2.52. The molecule has 0 bridgehead atoms. The minimum absolute atomic E-state index is 0.529. The van der Waals surface area contributed by atoms with Crippen molar-refractivity contribution in [2.24, 2.45) is 0 Å². The van der Waals surface area contributed by atoms with E-state index in [1.54, 1.807) is 0 Å². The molecule has 0 aromatic carbocycles. The standard InChI is InChI=1S/C11H22N3/c1-10(11-9-12-5-6-13-11)14-7-3-2-4-8-14/h10-12H,2-9H2,1H3. The highest BCUT2D eigenvalue weighted by Gasteiger charge is 2.26. The zero-order valence-electron chi connectivity index (χ0n) is 9.21. The average molecular weight is 196 g/mol. The van der Waals surface area contributed by atoms with Crippen LogP contribution in [0.5, 0.6) is 0 Å². The first kappa shape index (κ1) is 10.4. The number of piperazine rings is 1. The highest BCUT2D eigenvalue weighted by Crippen LogP contribution is 2.14. The van der Waals surface area contributed by atoms with Crippen LogP contribution < -0.4 is 10.6 Å². The van der Waals surface area contributed by atoms with E-state index in [0.717, 1.165) is 19.6 Å². The molecule has 2 heterocycles. The molecule has 0 aliphatic carbocycles. The highest BCUT2D eigenvalue weighted by atomic mass is 15.2. The maximum atomic E-state index is 4.70. The second-order valence-electron chi connectivity index (χ2n) is 4.51. The molecule has 2 aliphatic heterocycles. The van der Waals surface area contributed by atoms with Crippen LogP contribution in [0, 0.1) is 0 Å². The smallest absolute Gasteiger partial charge is 0.0524 e. The Morgan fingerprint density at radius 2 is 2.07 bits per heavy atom. The molecule has 0 aromatic heterocycles. The molecule has 0 aromatic rings. The van der Waals surface area contributed by atoms with Crippen LogP contribution in [0.25, 0.3) is 0 Å². The maximum Gasteiger partial charge on any atom is 0.0524 e. The first-order valence-corrected chi connectivity index (χ1v) is 5.99. The Morgan fingerprint density at radius 3 is 2.71 bits per heavy atom. The second kappa shape index (κ2) is 5.10. The highest BCUT2D eigenvalue weighted by molar-refractivity contribution is 4.86. The molecule has 2 saturated heterocycles. The molecule has 1 N–H and O–H groups in total. The first-order chi connectivity index (χ1) is 6.88. The number of piperidine rings is 1. The minimum Gasteiger partial charge on any atom is -0.314 e. The second-order valence-corrected chi connectivity index (χ2v) is 4.51. The van der Waals surface area contributed by atoms with Crippen molar-refractivity contribution in [1.29, 1.82) is 0 Å². The lowest BCUT2D eigenvalue weighted by atomic mass is 10.0. The molecule has 0 saturated carbocycles. The molecule has 0 spiro atoms. The van der Waals surface area contributed by atoms with E-state index in [2.05, 4.69) is 17.1 Å². The Morgan fingerprint density at radius 1 is 1.29 bits per heavy atom. The molecular formula is C11H22N3. The zero-order valence-corrected chi connectivity index (χ0v) is 9.21. The van der Waals surface area contributed by atoms with Crippen LogP contribution in [0.1, 0.15) is 26.2 Å². The third kappa shape index (κ3) is 2.47. The van der Waals surface area contributed by atoms with E-state index < -0.39 is 0 Å². The Labute approximate surface area is 87.2 Å². The summed E-state index contributed by atoms with van der Waals surface area (Å²) in [6, 6.07) is 1.17. The van der Waals surface area contributed by atoms with Crippen LogP contribution in [0.3, 0.4) is 0 Å². The van der Waals surface area contributed by atoms with Crippen LogP contribution in [0.4, 0.5) is 0 Å². The number of rotatable bonds is 2. The number of hydrogen-bond acceptors (Lipinski definition) is 2. The van der Waals surface area contributed by atoms with Crippen molar-refractivity contribution in [3.8, 4) is 0 Å². The molecule has 2 fully saturated rings. The molecule has 2 aliphatic rings. The van der Waals surface area contributed by atoms with Gasteiger partial charge in [0.15, 0.2) is 0 Å². The largest absolute Gasteiger partial charge is 0.314 e. The van der Waals surface area contributed by atoms with Crippen molar-refractivity contribution in [2.45, 2.75) is 38.3 Å². The normalized spacial score (nSPS) is 32.8. The fraction of sp³-hybridized carbons (Fsp3) is 1.00. The predicted molar refractivity (Wildman–Crippen MR) is 58.5 cm³/mol. The van der Waals surface area contributed by atoms with E-state index in [-0.39, 0.29) is 0 Å². The van der Waals surface area contributed by atoms with E-state index in [1.165, 1.54) is 32.4 Å². The van der Waals surface area contributed by atoms with Crippen LogP contribution >= 0.6 is 0 Å². The van der Waals surface area contributed by atoms with Gasteiger partial charge in [-0.25, -0.2) is 5.32 Å². The van der Waals surface area contributed by atoms with Gasteiger partial charge < -0.3 is 5.32 Å². The Balaban J connectivity index is 1.82. The summed E-state index contributed by atoms with van der Waals surface area (Å²) in [7, 11) is 0. The van der Waals surface area contributed by atoms with E-state index in [4.69, 9.17) is 5.32 Å². The topological polar surface area (TPSA) is 29.4 Å². The Bertz CT molecular complexity index is 142. The van der Waals surface area contributed by atoms with Gasteiger partial charge in [0.1, 0.15) is 0 Å². The van der Waals surface area contributed by atoms with Gasteiger partial charge in [-0.1, -0.05) is 6.42 Å². The molecule has 2 rings (SSSR count). The van der Waals surface area contributed by atoms with Crippen LogP contribution in [0.15, 0.2) is 0 Å².